The number of hydrogen-bond acceptors (Lipinski definition) is 3. The van der Waals surface area contributed by atoms with E-state index in [-0.39, 0.29) is 11.8 Å². The minimum Gasteiger partial charge on any atom is -0.481 e. The molecule has 1 aliphatic rings. The Balaban J connectivity index is 2.04. The lowest BCUT2D eigenvalue weighted by Crippen LogP contribution is -2.36. The van der Waals surface area contributed by atoms with Crippen molar-refractivity contribution in [2.24, 2.45) is 11.8 Å². The molecule has 22 heavy (non-hydrogen) atoms. The largest absolute Gasteiger partial charge is 0.481 e. The van der Waals surface area contributed by atoms with E-state index < -0.39 is 17.8 Å². The van der Waals surface area contributed by atoms with Crippen LogP contribution in [0.4, 0.5) is 5.69 Å². The van der Waals surface area contributed by atoms with Crippen LogP contribution < -0.4 is 10.6 Å². The van der Waals surface area contributed by atoms with Crippen LogP contribution in [-0.4, -0.2) is 29.9 Å². The van der Waals surface area contributed by atoms with E-state index in [4.69, 9.17) is 0 Å². The van der Waals surface area contributed by atoms with Gasteiger partial charge in [-0.05, 0) is 37.1 Å². The maximum absolute atomic E-state index is 12.3. The molecule has 1 aromatic carbocycles. The maximum atomic E-state index is 12.3. The summed E-state index contributed by atoms with van der Waals surface area (Å²) in [6.45, 7) is 0. The van der Waals surface area contributed by atoms with Crippen LogP contribution in [0.1, 0.15) is 36.0 Å². The highest BCUT2D eigenvalue weighted by Crippen LogP contribution is 2.31. The first-order valence-electron chi connectivity index (χ1n) is 7.38. The molecular formula is C16H20N2O4. The summed E-state index contributed by atoms with van der Waals surface area (Å²) in [6, 6.07) is 6.51. The van der Waals surface area contributed by atoms with Gasteiger partial charge in [0.05, 0.1) is 11.8 Å². The molecule has 0 spiro atoms. The van der Waals surface area contributed by atoms with Crippen molar-refractivity contribution in [2.45, 2.75) is 25.7 Å². The molecule has 3 N–H and O–H groups in total. The van der Waals surface area contributed by atoms with Crippen LogP contribution in [0.25, 0.3) is 0 Å². The molecule has 0 aliphatic heterocycles. The fourth-order valence-electron chi connectivity index (χ4n) is 2.82. The average molecular weight is 304 g/mol. The number of anilines is 1. The highest BCUT2D eigenvalue weighted by molar-refractivity contribution is 5.97. The zero-order valence-corrected chi connectivity index (χ0v) is 12.5. The Labute approximate surface area is 128 Å². The zero-order valence-electron chi connectivity index (χ0n) is 12.5. The minimum atomic E-state index is -0.908. The molecule has 0 aromatic heterocycles. The molecule has 2 atom stereocenters. The van der Waals surface area contributed by atoms with Gasteiger partial charge in [0.15, 0.2) is 0 Å². The van der Waals surface area contributed by atoms with Gasteiger partial charge in [-0.3, -0.25) is 14.4 Å². The summed E-state index contributed by atoms with van der Waals surface area (Å²) in [7, 11) is 1.55. The number of carboxylic acids is 1. The van der Waals surface area contributed by atoms with E-state index >= 15 is 0 Å². The predicted molar refractivity (Wildman–Crippen MR) is 81.5 cm³/mol. The number of aliphatic carboxylic acids is 1. The molecule has 6 nitrogen and oxygen atoms in total. The van der Waals surface area contributed by atoms with E-state index in [1.165, 1.54) is 0 Å². The molecule has 1 saturated carbocycles. The van der Waals surface area contributed by atoms with E-state index in [1.807, 2.05) is 0 Å². The predicted octanol–water partition coefficient (Wildman–Crippen LogP) is 1.88. The number of nitrogens with one attached hydrogen (secondary N) is 2. The number of carbonyl (C=O) groups is 3. The summed E-state index contributed by atoms with van der Waals surface area (Å²) < 4.78 is 0. The molecular weight excluding hydrogens is 284 g/mol. The van der Waals surface area contributed by atoms with E-state index in [2.05, 4.69) is 10.6 Å². The molecule has 2 amide bonds. The summed E-state index contributed by atoms with van der Waals surface area (Å²) in [6.07, 6.45) is 2.86. The summed E-state index contributed by atoms with van der Waals surface area (Å²) in [5.41, 5.74) is 1.06. The molecule has 0 bridgehead atoms. The minimum absolute atomic E-state index is 0.198. The Bertz CT molecular complexity index is 568. The standard InChI is InChI=1S/C16H20N2O4/c1-17-14(19)10-6-8-11(9-7-10)18-15(20)12-4-2-3-5-13(12)16(21)22/h6-9,12-13H,2-5H2,1H3,(H,17,19)(H,18,20)(H,21,22). The van der Waals surface area contributed by atoms with E-state index in [0.717, 1.165) is 12.8 Å². The van der Waals surface area contributed by atoms with Crippen LogP contribution in [0, 0.1) is 11.8 Å². The molecule has 0 saturated heterocycles. The molecule has 0 heterocycles. The second-order valence-corrected chi connectivity index (χ2v) is 5.48. The Hall–Kier alpha value is -2.37. The summed E-state index contributed by atoms with van der Waals surface area (Å²) in [5.74, 6) is -2.48. The molecule has 0 radical (unpaired) electrons. The van der Waals surface area contributed by atoms with Gasteiger partial charge in [-0.15, -0.1) is 0 Å². The monoisotopic (exact) mass is 304 g/mol. The lowest BCUT2D eigenvalue weighted by Gasteiger charge is -2.27. The van der Waals surface area contributed by atoms with Crippen molar-refractivity contribution < 1.29 is 19.5 Å². The third-order valence-electron chi connectivity index (χ3n) is 4.06. The SMILES string of the molecule is CNC(=O)c1ccc(NC(=O)C2CCCCC2C(=O)O)cc1. The number of rotatable bonds is 4. The summed E-state index contributed by atoms with van der Waals surface area (Å²) >= 11 is 0. The molecule has 118 valence electrons. The highest BCUT2D eigenvalue weighted by Gasteiger charge is 2.35. The Morgan fingerprint density at radius 1 is 1.05 bits per heavy atom. The number of carboxylic acid groups (broad SMARTS) is 1. The number of carbonyl (C=O) groups excluding carboxylic acids is 2. The van der Waals surface area contributed by atoms with Gasteiger partial charge in [-0.1, -0.05) is 12.8 Å². The van der Waals surface area contributed by atoms with Crippen molar-refractivity contribution in [3.05, 3.63) is 29.8 Å². The van der Waals surface area contributed by atoms with Gasteiger partial charge >= 0.3 is 5.97 Å². The lowest BCUT2D eigenvalue weighted by molar-refractivity contribution is -0.147. The summed E-state index contributed by atoms with van der Waals surface area (Å²) in [4.78, 5) is 35.0. The van der Waals surface area contributed by atoms with Gasteiger partial charge < -0.3 is 15.7 Å². The van der Waals surface area contributed by atoms with Gasteiger partial charge in [-0.2, -0.15) is 0 Å². The fraction of sp³-hybridized carbons (Fsp3) is 0.438. The van der Waals surface area contributed by atoms with Crippen molar-refractivity contribution in [1.29, 1.82) is 0 Å². The average Bonchev–Trinajstić information content (AvgIpc) is 2.54. The van der Waals surface area contributed by atoms with Crippen molar-refractivity contribution in [3.8, 4) is 0 Å². The van der Waals surface area contributed by atoms with Crippen molar-refractivity contribution in [2.75, 3.05) is 12.4 Å². The maximum Gasteiger partial charge on any atom is 0.307 e. The normalized spacial score (nSPS) is 21.0. The zero-order chi connectivity index (χ0) is 16.1. The van der Waals surface area contributed by atoms with Gasteiger partial charge in [0.25, 0.3) is 5.91 Å². The van der Waals surface area contributed by atoms with Crippen LogP contribution in [0.15, 0.2) is 24.3 Å². The molecule has 1 aliphatic carbocycles. The number of benzene rings is 1. The van der Waals surface area contributed by atoms with Gasteiger partial charge in [-0.25, -0.2) is 0 Å². The number of amides is 2. The smallest absolute Gasteiger partial charge is 0.307 e. The molecule has 1 fully saturated rings. The Morgan fingerprint density at radius 3 is 2.18 bits per heavy atom. The highest BCUT2D eigenvalue weighted by atomic mass is 16.4. The second kappa shape index (κ2) is 7.06. The van der Waals surface area contributed by atoms with Crippen LogP contribution in [0.5, 0.6) is 0 Å². The van der Waals surface area contributed by atoms with E-state index in [9.17, 15) is 19.5 Å². The van der Waals surface area contributed by atoms with Gasteiger partial charge in [0.2, 0.25) is 5.91 Å². The first-order chi connectivity index (χ1) is 10.5. The fourth-order valence-corrected chi connectivity index (χ4v) is 2.82. The Morgan fingerprint density at radius 2 is 1.64 bits per heavy atom. The lowest BCUT2D eigenvalue weighted by atomic mass is 9.78. The van der Waals surface area contributed by atoms with Crippen molar-refractivity contribution in [1.82, 2.24) is 5.32 Å². The summed E-state index contributed by atoms with van der Waals surface area (Å²) in [5, 5.41) is 14.5. The van der Waals surface area contributed by atoms with Crippen LogP contribution in [0.2, 0.25) is 0 Å². The van der Waals surface area contributed by atoms with Crippen molar-refractivity contribution in [3.63, 3.8) is 0 Å². The molecule has 2 rings (SSSR count). The van der Waals surface area contributed by atoms with Gasteiger partial charge in [0.1, 0.15) is 0 Å². The van der Waals surface area contributed by atoms with Crippen LogP contribution in [0.3, 0.4) is 0 Å². The molecule has 2 unspecified atom stereocenters. The van der Waals surface area contributed by atoms with Crippen LogP contribution >= 0.6 is 0 Å². The van der Waals surface area contributed by atoms with Crippen LogP contribution in [-0.2, 0) is 9.59 Å². The third-order valence-corrected chi connectivity index (χ3v) is 4.06. The quantitative estimate of drug-likeness (QED) is 0.791. The van der Waals surface area contributed by atoms with Gasteiger partial charge in [0, 0.05) is 18.3 Å². The first kappa shape index (κ1) is 16.0. The van der Waals surface area contributed by atoms with E-state index in [0.29, 0.717) is 24.1 Å². The number of hydrogen-bond donors (Lipinski definition) is 3. The van der Waals surface area contributed by atoms with E-state index in [1.54, 1.807) is 31.3 Å². The van der Waals surface area contributed by atoms with Crippen molar-refractivity contribution >= 4 is 23.5 Å². The first-order valence-corrected chi connectivity index (χ1v) is 7.38. The topological polar surface area (TPSA) is 95.5 Å². The molecule has 1 aromatic rings. The Kier molecular flexibility index (Phi) is 5.14. The third kappa shape index (κ3) is 3.63. The second-order valence-electron chi connectivity index (χ2n) is 5.48. The molecule has 6 heteroatoms.